The first-order chi connectivity index (χ1) is 6.64. The van der Waals surface area contributed by atoms with E-state index in [4.69, 9.17) is 9.79 Å². The molecule has 0 aromatic heterocycles. The van der Waals surface area contributed by atoms with E-state index in [0.29, 0.717) is 6.42 Å². The number of rotatable bonds is 7. The zero-order valence-corrected chi connectivity index (χ0v) is 9.62. The molecule has 0 rings (SSSR count). The normalized spacial score (nSPS) is 17.0. The standard InChI is InChI=1S/C8H16NO4P/c1-4-8(7-9)14(10,12-6-3)13-11-5-2/h8H,4-6H2,1-3H3. The van der Waals surface area contributed by atoms with Crippen LogP contribution in [0.15, 0.2) is 0 Å². The Morgan fingerprint density at radius 1 is 1.36 bits per heavy atom. The predicted octanol–water partition coefficient (Wildman–Crippen LogP) is 2.49. The van der Waals surface area contributed by atoms with Gasteiger partial charge in [-0.3, -0.25) is 4.57 Å². The van der Waals surface area contributed by atoms with Crippen molar-refractivity contribution in [1.82, 2.24) is 0 Å². The molecule has 14 heavy (non-hydrogen) atoms. The third kappa shape index (κ3) is 3.77. The summed E-state index contributed by atoms with van der Waals surface area (Å²) in [4.78, 5) is 4.60. The Labute approximate surface area is 84.4 Å². The van der Waals surface area contributed by atoms with Crippen LogP contribution in [0.3, 0.4) is 0 Å². The first-order valence-electron chi connectivity index (χ1n) is 4.59. The Morgan fingerprint density at radius 3 is 2.36 bits per heavy atom. The molecule has 5 nitrogen and oxygen atoms in total. The van der Waals surface area contributed by atoms with E-state index in [1.165, 1.54) is 0 Å². The van der Waals surface area contributed by atoms with E-state index in [1.807, 2.05) is 6.07 Å². The summed E-state index contributed by atoms with van der Waals surface area (Å²) in [7, 11) is -3.43. The van der Waals surface area contributed by atoms with Gasteiger partial charge in [-0.05, 0) is 20.3 Å². The van der Waals surface area contributed by atoms with Crippen molar-refractivity contribution in [3.05, 3.63) is 0 Å². The fourth-order valence-electron chi connectivity index (χ4n) is 0.855. The summed E-state index contributed by atoms with van der Waals surface area (Å²) in [6.45, 7) is 5.62. The monoisotopic (exact) mass is 221 g/mol. The van der Waals surface area contributed by atoms with Crippen molar-refractivity contribution in [1.29, 1.82) is 5.26 Å². The maximum absolute atomic E-state index is 11.9. The van der Waals surface area contributed by atoms with Gasteiger partial charge in [0, 0.05) is 0 Å². The lowest BCUT2D eigenvalue weighted by molar-refractivity contribution is -0.211. The van der Waals surface area contributed by atoms with Gasteiger partial charge in [0.25, 0.3) is 0 Å². The summed E-state index contributed by atoms with van der Waals surface area (Å²) in [5, 5.41) is 8.75. The van der Waals surface area contributed by atoms with Crippen molar-refractivity contribution in [2.45, 2.75) is 32.9 Å². The highest BCUT2D eigenvalue weighted by molar-refractivity contribution is 7.54. The smallest absolute Gasteiger partial charge is 0.306 e. The van der Waals surface area contributed by atoms with E-state index in [-0.39, 0.29) is 13.2 Å². The molecule has 0 heterocycles. The fraction of sp³-hybridized carbons (Fsp3) is 0.875. The SMILES string of the molecule is CCOOP(=O)(OCC)C(C#N)CC. The molecule has 0 aliphatic carbocycles. The lowest BCUT2D eigenvalue weighted by Gasteiger charge is -2.19. The second kappa shape index (κ2) is 6.97. The highest BCUT2D eigenvalue weighted by Gasteiger charge is 2.36. The second-order valence-electron chi connectivity index (χ2n) is 2.49. The van der Waals surface area contributed by atoms with Gasteiger partial charge in [-0.1, -0.05) is 6.92 Å². The minimum Gasteiger partial charge on any atom is -0.306 e. The molecule has 0 spiro atoms. The van der Waals surface area contributed by atoms with Crippen molar-refractivity contribution in [2.24, 2.45) is 0 Å². The molecule has 0 aliphatic heterocycles. The van der Waals surface area contributed by atoms with Crippen LogP contribution in [0.1, 0.15) is 27.2 Å². The van der Waals surface area contributed by atoms with E-state index in [1.54, 1.807) is 20.8 Å². The first kappa shape index (κ1) is 13.6. The molecule has 2 unspecified atom stereocenters. The summed E-state index contributed by atoms with van der Waals surface area (Å²) in [5.41, 5.74) is -0.769. The van der Waals surface area contributed by atoms with Crippen LogP contribution in [-0.2, 0) is 18.7 Å². The van der Waals surface area contributed by atoms with Crippen LogP contribution in [0.5, 0.6) is 0 Å². The summed E-state index contributed by atoms with van der Waals surface area (Å²) in [6, 6.07) is 1.89. The number of nitriles is 1. The van der Waals surface area contributed by atoms with Gasteiger partial charge in [0.15, 0.2) is 0 Å². The van der Waals surface area contributed by atoms with Crippen LogP contribution in [0, 0.1) is 11.3 Å². The Bertz CT molecular complexity index is 238. The summed E-state index contributed by atoms with van der Waals surface area (Å²) >= 11 is 0. The zero-order valence-electron chi connectivity index (χ0n) is 8.73. The molecule has 0 bridgehead atoms. The zero-order chi connectivity index (χ0) is 11.0. The maximum atomic E-state index is 11.9. The van der Waals surface area contributed by atoms with Crippen molar-refractivity contribution < 1.29 is 18.7 Å². The lowest BCUT2D eigenvalue weighted by Crippen LogP contribution is -2.10. The minimum absolute atomic E-state index is 0.225. The van der Waals surface area contributed by atoms with Crippen LogP contribution >= 0.6 is 7.60 Å². The highest BCUT2D eigenvalue weighted by atomic mass is 31.2. The molecular weight excluding hydrogens is 205 g/mol. The Kier molecular flexibility index (Phi) is 6.77. The molecule has 0 saturated heterocycles. The van der Waals surface area contributed by atoms with Crippen molar-refractivity contribution >= 4 is 7.60 Å². The quantitative estimate of drug-likeness (QED) is 0.375. The van der Waals surface area contributed by atoms with Crippen molar-refractivity contribution in [3.63, 3.8) is 0 Å². The molecule has 0 aliphatic rings. The van der Waals surface area contributed by atoms with E-state index >= 15 is 0 Å². The average Bonchev–Trinajstić information content (AvgIpc) is 2.17. The van der Waals surface area contributed by atoms with E-state index in [9.17, 15) is 4.57 Å². The average molecular weight is 221 g/mol. The maximum Gasteiger partial charge on any atom is 0.374 e. The molecule has 0 aromatic carbocycles. The van der Waals surface area contributed by atoms with Crippen LogP contribution in [0.2, 0.25) is 0 Å². The number of hydrogen-bond acceptors (Lipinski definition) is 5. The van der Waals surface area contributed by atoms with Crippen molar-refractivity contribution in [3.8, 4) is 6.07 Å². The number of nitrogens with zero attached hydrogens (tertiary/aromatic N) is 1. The van der Waals surface area contributed by atoms with Gasteiger partial charge in [0.2, 0.25) is 0 Å². The summed E-state index contributed by atoms with van der Waals surface area (Å²) in [5.74, 6) is 0. The third-order valence-corrected chi connectivity index (χ3v) is 3.68. The minimum atomic E-state index is -3.43. The van der Waals surface area contributed by atoms with Gasteiger partial charge in [0.05, 0.1) is 19.3 Å². The molecular formula is C8H16NO4P. The summed E-state index contributed by atoms with van der Waals surface area (Å²) in [6.07, 6.45) is 0.404. The summed E-state index contributed by atoms with van der Waals surface area (Å²) < 4.78 is 21.6. The van der Waals surface area contributed by atoms with Gasteiger partial charge < -0.3 is 4.52 Å². The van der Waals surface area contributed by atoms with Crippen LogP contribution in [0.4, 0.5) is 0 Å². The van der Waals surface area contributed by atoms with Gasteiger partial charge >= 0.3 is 7.60 Å². The number of hydrogen-bond donors (Lipinski definition) is 0. The Hall–Kier alpha value is -0.400. The fourth-order valence-corrected chi connectivity index (χ4v) is 2.38. The third-order valence-electron chi connectivity index (χ3n) is 1.50. The molecule has 2 atom stereocenters. The van der Waals surface area contributed by atoms with Crippen LogP contribution in [0.25, 0.3) is 0 Å². The molecule has 0 N–H and O–H groups in total. The van der Waals surface area contributed by atoms with Gasteiger partial charge in [0.1, 0.15) is 5.66 Å². The molecule has 82 valence electrons. The first-order valence-corrected chi connectivity index (χ1v) is 6.20. The molecule has 0 saturated carbocycles. The van der Waals surface area contributed by atoms with E-state index in [2.05, 4.69) is 9.56 Å². The molecule has 0 radical (unpaired) electrons. The second-order valence-corrected chi connectivity index (χ2v) is 4.60. The van der Waals surface area contributed by atoms with Gasteiger partial charge in [-0.2, -0.15) is 5.26 Å². The van der Waals surface area contributed by atoms with E-state index in [0.717, 1.165) is 0 Å². The lowest BCUT2D eigenvalue weighted by atomic mass is 10.4. The van der Waals surface area contributed by atoms with Crippen LogP contribution < -0.4 is 0 Å². The predicted molar refractivity (Wildman–Crippen MR) is 51.6 cm³/mol. The van der Waals surface area contributed by atoms with Gasteiger partial charge in [-0.25, -0.2) is 4.89 Å². The van der Waals surface area contributed by atoms with E-state index < -0.39 is 13.3 Å². The molecule has 6 heteroatoms. The van der Waals surface area contributed by atoms with Crippen LogP contribution in [-0.4, -0.2) is 18.9 Å². The van der Waals surface area contributed by atoms with Gasteiger partial charge in [-0.15, -0.1) is 4.67 Å². The Balaban J connectivity index is 4.53. The molecule has 0 fully saturated rings. The topological polar surface area (TPSA) is 68.6 Å². The highest BCUT2D eigenvalue weighted by Crippen LogP contribution is 2.54. The molecule has 0 amide bonds. The van der Waals surface area contributed by atoms with Crippen molar-refractivity contribution in [2.75, 3.05) is 13.2 Å². The largest absolute Gasteiger partial charge is 0.374 e. The molecule has 0 aromatic rings. The Morgan fingerprint density at radius 2 is 2.00 bits per heavy atom.